The molecule has 0 aromatic carbocycles. The van der Waals surface area contributed by atoms with Crippen LogP contribution < -0.4 is 5.73 Å². The van der Waals surface area contributed by atoms with Gasteiger partial charge >= 0.3 is 0 Å². The molecule has 0 saturated heterocycles. The molecule has 0 aliphatic carbocycles. The van der Waals surface area contributed by atoms with E-state index in [1.807, 2.05) is 32.8 Å². The first-order chi connectivity index (χ1) is 9.42. The Morgan fingerprint density at radius 3 is 2.40 bits per heavy atom. The summed E-state index contributed by atoms with van der Waals surface area (Å²) >= 11 is 0. The van der Waals surface area contributed by atoms with Crippen molar-refractivity contribution >= 4 is 11.6 Å². The molecule has 0 unspecified atom stereocenters. The Hall–Kier alpha value is -1.56. The average molecular weight is 281 g/mol. The number of rotatable bonds is 7. The van der Waals surface area contributed by atoms with Crippen LogP contribution in [0.1, 0.15) is 36.5 Å². The van der Waals surface area contributed by atoms with E-state index in [9.17, 15) is 4.79 Å². The van der Waals surface area contributed by atoms with Crippen LogP contribution in [0.3, 0.4) is 0 Å². The van der Waals surface area contributed by atoms with Crippen LogP contribution in [0, 0.1) is 6.92 Å². The summed E-state index contributed by atoms with van der Waals surface area (Å²) in [5.41, 5.74) is 7.78. The molecule has 1 aromatic heterocycles. The number of nitrogens with two attached hydrogens (primary N) is 1. The minimum absolute atomic E-state index is 0.0198. The van der Waals surface area contributed by atoms with Crippen molar-refractivity contribution in [2.45, 2.75) is 33.7 Å². The lowest BCUT2D eigenvalue weighted by atomic mass is 10.2. The molecule has 20 heavy (non-hydrogen) atoms. The normalized spacial score (nSPS) is 11.1. The van der Waals surface area contributed by atoms with Gasteiger partial charge in [-0.3, -0.25) is 9.48 Å². The zero-order valence-corrected chi connectivity index (χ0v) is 13.3. The zero-order chi connectivity index (χ0) is 15.3. The highest BCUT2D eigenvalue weighted by Gasteiger charge is 2.23. The average Bonchev–Trinajstić information content (AvgIpc) is 2.69. The molecule has 0 fully saturated rings. The highest BCUT2D eigenvalue weighted by molar-refractivity contribution is 5.98. The first-order valence-electron chi connectivity index (χ1n) is 7.19. The molecular weight excluding hydrogens is 254 g/mol. The van der Waals surface area contributed by atoms with Crippen molar-refractivity contribution in [3.8, 4) is 0 Å². The Bertz CT molecular complexity index is 453. The van der Waals surface area contributed by atoms with Gasteiger partial charge in [0.05, 0.1) is 11.4 Å². The summed E-state index contributed by atoms with van der Waals surface area (Å²) in [5, 5.41) is 4.32. The van der Waals surface area contributed by atoms with Gasteiger partial charge in [0.2, 0.25) is 0 Å². The Labute approximate surface area is 121 Å². The van der Waals surface area contributed by atoms with E-state index in [0.717, 1.165) is 25.2 Å². The quantitative estimate of drug-likeness (QED) is 0.815. The van der Waals surface area contributed by atoms with E-state index in [2.05, 4.69) is 16.9 Å². The Morgan fingerprint density at radius 2 is 1.90 bits per heavy atom. The number of nitrogens with zero attached hydrogens (tertiary/aromatic N) is 4. The molecule has 2 N–H and O–H groups in total. The Kier molecular flexibility index (Phi) is 6.01. The fourth-order valence-corrected chi connectivity index (χ4v) is 2.11. The maximum absolute atomic E-state index is 12.7. The molecule has 1 rings (SSSR count). The monoisotopic (exact) mass is 281 g/mol. The highest BCUT2D eigenvalue weighted by atomic mass is 16.2. The van der Waals surface area contributed by atoms with Gasteiger partial charge in [-0.1, -0.05) is 6.92 Å². The molecular formula is C14H27N5O. The smallest absolute Gasteiger partial charge is 0.274 e. The second-order valence-corrected chi connectivity index (χ2v) is 5.26. The molecule has 0 aliphatic heterocycles. The molecule has 0 saturated carbocycles. The van der Waals surface area contributed by atoms with E-state index in [0.29, 0.717) is 24.5 Å². The third-order valence-corrected chi connectivity index (χ3v) is 3.27. The molecule has 1 heterocycles. The van der Waals surface area contributed by atoms with E-state index in [1.54, 1.807) is 4.68 Å². The van der Waals surface area contributed by atoms with Gasteiger partial charge in [0.15, 0.2) is 0 Å². The van der Waals surface area contributed by atoms with Gasteiger partial charge in [0, 0.05) is 26.2 Å². The largest absolute Gasteiger partial charge is 0.395 e. The van der Waals surface area contributed by atoms with Crippen molar-refractivity contribution in [2.75, 3.05) is 39.5 Å². The number of hydrogen-bond acceptors (Lipinski definition) is 4. The van der Waals surface area contributed by atoms with E-state index in [4.69, 9.17) is 5.73 Å². The number of hydrogen-bond donors (Lipinski definition) is 1. The van der Waals surface area contributed by atoms with Crippen LogP contribution in [0.4, 0.5) is 5.69 Å². The molecule has 0 atom stereocenters. The lowest BCUT2D eigenvalue weighted by molar-refractivity contribution is 0.0733. The van der Waals surface area contributed by atoms with Crippen LogP contribution in [0.2, 0.25) is 0 Å². The summed E-state index contributed by atoms with van der Waals surface area (Å²) in [6, 6.07) is 0. The Morgan fingerprint density at radius 1 is 1.25 bits per heavy atom. The van der Waals surface area contributed by atoms with Crippen molar-refractivity contribution in [1.82, 2.24) is 19.6 Å². The number of carbonyl (C=O) groups excluding carboxylic acids is 1. The van der Waals surface area contributed by atoms with Gasteiger partial charge < -0.3 is 15.5 Å². The van der Waals surface area contributed by atoms with Gasteiger partial charge in [-0.25, -0.2) is 0 Å². The number of likely N-dealkylation sites (N-methyl/N-ethyl adjacent to an activating group) is 1. The number of carbonyl (C=O) groups is 1. The lowest BCUT2D eigenvalue weighted by Crippen LogP contribution is -2.38. The predicted molar refractivity (Wildman–Crippen MR) is 81.8 cm³/mol. The lowest BCUT2D eigenvalue weighted by Gasteiger charge is -2.24. The summed E-state index contributed by atoms with van der Waals surface area (Å²) in [4.78, 5) is 16.7. The van der Waals surface area contributed by atoms with Crippen molar-refractivity contribution in [3.63, 3.8) is 0 Å². The Balaban J connectivity index is 2.99. The third-order valence-electron chi connectivity index (χ3n) is 3.27. The first-order valence-corrected chi connectivity index (χ1v) is 7.19. The van der Waals surface area contributed by atoms with E-state index in [1.165, 1.54) is 0 Å². The van der Waals surface area contributed by atoms with Crippen LogP contribution in [0.15, 0.2) is 0 Å². The second-order valence-electron chi connectivity index (χ2n) is 5.26. The molecule has 6 heteroatoms. The highest BCUT2D eigenvalue weighted by Crippen LogP contribution is 2.18. The maximum atomic E-state index is 12.7. The molecule has 1 amide bonds. The molecule has 1 aromatic rings. The molecule has 6 nitrogen and oxygen atoms in total. The molecule has 0 bridgehead atoms. The topological polar surface area (TPSA) is 67.4 Å². The summed E-state index contributed by atoms with van der Waals surface area (Å²) in [6.07, 6.45) is 0.929. The standard InChI is InChI=1S/C14H27N5O/c1-6-8-18(10-9-17(4)5)14(20)13-12(15)11(3)16-19(13)7-2/h6-10,15H2,1-5H3. The van der Waals surface area contributed by atoms with E-state index < -0.39 is 0 Å². The number of aryl methyl sites for hydroxylation is 2. The van der Waals surface area contributed by atoms with Crippen molar-refractivity contribution in [2.24, 2.45) is 0 Å². The van der Waals surface area contributed by atoms with Gasteiger partial charge in [-0.05, 0) is 34.4 Å². The second kappa shape index (κ2) is 7.28. The van der Waals surface area contributed by atoms with Crippen LogP contribution in [0.5, 0.6) is 0 Å². The predicted octanol–water partition coefficient (Wildman–Crippen LogP) is 1.21. The van der Waals surface area contributed by atoms with Crippen molar-refractivity contribution in [3.05, 3.63) is 11.4 Å². The number of amides is 1. The number of nitrogen functional groups attached to an aromatic ring is 1. The van der Waals surface area contributed by atoms with Gasteiger partial charge in [0.1, 0.15) is 5.69 Å². The zero-order valence-electron chi connectivity index (χ0n) is 13.3. The van der Waals surface area contributed by atoms with E-state index in [-0.39, 0.29) is 5.91 Å². The van der Waals surface area contributed by atoms with Crippen LogP contribution in [-0.2, 0) is 6.54 Å². The SMILES string of the molecule is CCCN(CCN(C)C)C(=O)c1c(N)c(C)nn1CC. The van der Waals surface area contributed by atoms with Crippen molar-refractivity contribution in [1.29, 1.82) is 0 Å². The fraction of sp³-hybridized carbons (Fsp3) is 0.714. The summed E-state index contributed by atoms with van der Waals surface area (Å²) < 4.78 is 1.70. The first kappa shape index (κ1) is 16.5. The molecule has 0 spiro atoms. The van der Waals surface area contributed by atoms with E-state index >= 15 is 0 Å². The minimum Gasteiger partial charge on any atom is -0.395 e. The third kappa shape index (κ3) is 3.72. The van der Waals surface area contributed by atoms with Crippen LogP contribution in [-0.4, -0.2) is 59.2 Å². The van der Waals surface area contributed by atoms with Crippen molar-refractivity contribution < 1.29 is 4.79 Å². The maximum Gasteiger partial charge on any atom is 0.274 e. The summed E-state index contributed by atoms with van der Waals surface area (Å²) in [7, 11) is 4.01. The van der Waals surface area contributed by atoms with Gasteiger partial charge in [-0.2, -0.15) is 5.10 Å². The van der Waals surface area contributed by atoms with Gasteiger partial charge in [0.25, 0.3) is 5.91 Å². The van der Waals surface area contributed by atoms with Crippen LogP contribution in [0.25, 0.3) is 0 Å². The summed E-state index contributed by atoms with van der Waals surface area (Å²) in [6.45, 7) is 8.79. The molecule has 114 valence electrons. The number of aromatic nitrogens is 2. The minimum atomic E-state index is -0.0198. The number of anilines is 1. The van der Waals surface area contributed by atoms with Crippen LogP contribution >= 0.6 is 0 Å². The summed E-state index contributed by atoms with van der Waals surface area (Å²) in [5.74, 6) is -0.0198. The fourth-order valence-electron chi connectivity index (χ4n) is 2.11. The molecule has 0 aliphatic rings. The molecule has 0 radical (unpaired) electrons. The van der Waals surface area contributed by atoms with Gasteiger partial charge in [-0.15, -0.1) is 0 Å².